The van der Waals surface area contributed by atoms with Crippen LogP contribution in [0.15, 0.2) is 18.5 Å². The molecule has 2 amide bonds. The topological polar surface area (TPSA) is 59.1 Å². The van der Waals surface area contributed by atoms with Crippen molar-refractivity contribution in [2.45, 2.75) is 32.6 Å². The van der Waals surface area contributed by atoms with Crippen LogP contribution in [0.5, 0.6) is 0 Å². The molecule has 1 aromatic heterocycles. The Morgan fingerprint density at radius 1 is 1.47 bits per heavy atom. The zero-order chi connectivity index (χ0) is 12.4. The fourth-order valence-electron chi connectivity index (χ4n) is 2.47. The van der Waals surface area contributed by atoms with Crippen molar-refractivity contribution in [2.24, 2.45) is 5.92 Å². The smallest absolute Gasteiger partial charge is 0.230 e. The van der Waals surface area contributed by atoms with Gasteiger partial charge in [-0.25, -0.2) is 0 Å². The third-order valence-corrected chi connectivity index (χ3v) is 3.41. The summed E-state index contributed by atoms with van der Waals surface area (Å²) >= 11 is 0. The summed E-state index contributed by atoms with van der Waals surface area (Å²) in [5.74, 6) is -0.504. The predicted molar refractivity (Wildman–Crippen MR) is 63.3 cm³/mol. The lowest BCUT2D eigenvalue weighted by molar-refractivity contribution is -0.137. The Morgan fingerprint density at radius 2 is 2.24 bits per heavy atom. The molecule has 2 heterocycles. The number of hydrogen-bond donors (Lipinski definition) is 1. The maximum absolute atomic E-state index is 11.8. The van der Waals surface area contributed by atoms with E-state index in [0.29, 0.717) is 6.42 Å². The van der Waals surface area contributed by atoms with E-state index in [1.807, 2.05) is 19.9 Å². The third kappa shape index (κ3) is 2.20. The van der Waals surface area contributed by atoms with Crippen LogP contribution in [-0.4, -0.2) is 16.8 Å². The average molecular weight is 232 g/mol. The lowest BCUT2D eigenvalue weighted by Crippen LogP contribution is -2.44. The van der Waals surface area contributed by atoms with Crippen molar-refractivity contribution in [1.29, 1.82) is 0 Å². The minimum Gasteiger partial charge on any atom is -0.296 e. The Hall–Kier alpha value is -1.71. The van der Waals surface area contributed by atoms with E-state index in [1.165, 1.54) is 0 Å². The molecule has 0 radical (unpaired) electrons. The monoisotopic (exact) mass is 232 g/mol. The molecule has 2 rings (SSSR count). The van der Waals surface area contributed by atoms with E-state index in [2.05, 4.69) is 10.3 Å². The lowest BCUT2D eigenvalue weighted by atomic mass is 9.78. The molecule has 17 heavy (non-hydrogen) atoms. The van der Waals surface area contributed by atoms with Crippen LogP contribution < -0.4 is 5.32 Å². The zero-order valence-electron chi connectivity index (χ0n) is 10.1. The first-order chi connectivity index (χ1) is 8.13. The van der Waals surface area contributed by atoms with Crippen molar-refractivity contribution in [3.63, 3.8) is 0 Å². The fourth-order valence-corrected chi connectivity index (χ4v) is 2.47. The van der Waals surface area contributed by atoms with Crippen molar-refractivity contribution >= 4 is 11.8 Å². The highest BCUT2D eigenvalue weighted by molar-refractivity contribution is 5.99. The van der Waals surface area contributed by atoms with E-state index < -0.39 is 0 Å². The molecule has 0 spiro atoms. The van der Waals surface area contributed by atoms with E-state index in [0.717, 1.165) is 17.5 Å². The number of aryl methyl sites for hydroxylation is 1. The Labute approximate surface area is 100 Å². The summed E-state index contributed by atoms with van der Waals surface area (Å²) in [4.78, 5) is 27.4. The second kappa shape index (κ2) is 4.65. The largest absolute Gasteiger partial charge is 0.296 e. The average Bonchev–Trinajstić information content (AvgIpc) is 2.28. The van der Waals surface area contributed by atoms with Gasteiger partial charge in [0.1, 0.15) is 0 Å². The van der Waals surface area contributed by atoms with Gasteiger partial charge in [0.05, 0.1) is 0 Å². The standard InChI is InChI=1S/C13H16N2O2/c1-3-9-10(6-12(16)15-13(9)17)11-7-14-5-4-8(11)2/h4-5,7,9-10H,3,6H2,1-2H3,(H,15,16,17). The number of nitrogens with one attached hydrogen (secondary N) is 1. The van der Waals surface area contributed by atoms with Crippen LogP contribution in [-0.2, 0) is 9.59 Å². The third-order valence-electron chi connectivity index (χ3n) is 3.41. The van der Waals surface area contributed by atoms with Gasteiger partial charge in [-0.1, -0.05) is 6.92 Å². The summed E-state index contributed by atoms with van der Waals surface area (Å²) in [6, 6.07) is 1.92. The summed E-state index contributed by atoms with van der Waals surface area (Å²) in [6.07, 6.45) is 4.61. The van der Waals surface area contributed by atoms with Crippen LogP contribution in [0.4, 0.5) is 0 Å². The lowest BCUT2D eigenvalue weighted by Gasteiger charge is -2.30. The highest BCUT2D eigenvalue weighted by atomic mass is 16.2. The van der Waals surface area contributed by atoms with Gasteiger partial charge in [0.2, 0.25) is 11.8 Å². The number of aromatic nitrogens is 1. The minimum absolute atomic E-state index is 0.0325. The molecule has 0 aromatic carbocycles. The normalized spacial score (nSPS) is 24.6. The maximum Gasteiger partial charge on any atom is 0.230 e. The van der Waals surface area contributed by atoms with Crippen molar-refractivity contribution in [2.75, 3.05) is 0 Å². The van der Waals surface area contributed by atoms with Gasteiger partial charge in [-0.2, -0.15) is 0 Å². The SMILES string of the molecule is CCC1C(=O)NC(=O)CC1c1cnccc1C. The second-order valence-corrected chi connectivity index (χ2v) is 4.47. The van der Waals surface area contributed by atoms with Gasteiger partial charge in [-0.3, -0.25) is 19.9 Å². The highest BCUT2D eigenvalue weighted by Crippen LogP contribution is 2.34. The number of carbonyl (C=O) groups is 2. The number of hydrogen-bond acceptors (Lipinski definition) is 3. The molecular formula is C13H16N2O2. The summed E-state index contributed by atoms with van der Waals surface area (Å²) in [5, 5.41) is 2.40. The Balaban J connectivity index is 2.38. The van der Waals surface area contributed by atoms with Crippen LogP contribution in [0.25, 0.3) is 0 Å². The molecule has 2 unspecified atom stereocenters. The Morgan fingerprint density at radius 3 is 2.88 bits per heavy atom. The first-order valence-corrected chi connectivity index (χ1v) is 5.87. The van der Waals surface area contributed by atoms with Gasteiger partial charge >= 0.3 is 0 Å². The van der Waals surface area contributed by atoms with Crippen molar-refractivity contribution in [3.05, 3.63) is 29.6 Å². The zero-order valence-corrected chi connectivity index (χ0v) is 10.1. The first-order valence-electron chi connectivity index (χ1n) is 5.87. The molecule has 1 N–H and O–H groups in total. The van der Waals surface area contributed by atoms with Crippen molar-refractivity contribution in [3.8, 4) is 0 Å². The molecule has 0 bridgehead atoms. The van der Waals surface area contributed by atoms with Gasteiger partial charge in [0.25, 0.3) is 0 Å². The predicted octanol–water partition coefficient (Wildman–Crippen LogP) is 1.55. The first kappa shape index (κ1) is 11.8. The molecule has 1 saturated heterocycles. The molecule has 1 aliphatic rings. The van der Waals surface area contributed by atoms with Crippen LogP contribution in [0.3, 0.4) is 0 Å². The molecule has 4 heteroatoms. The number of pyridine rings is 1. The number of carbonyl (C=O) groups excluding carboxylic acids is 2. The molecule has 1 fully saturated rings. The molecule has 90 valence electrons. The molecule has 1 aliphatic heterocycles. The quantitative estimate of drug-likeness (QED) is 0.787. The van der Waals surface area contributed by atoms with E-state index in [1.54, 1.807) is 12.4 Å². The molecule has 2 atom stereocenters. The van der Waals surface area contributed by atoms with Gasteiger partial charge in [-0.05, 0) is 30.5 Å². The molecule has 1 aromatic rings. The molecule has 4 nitrogen and oxygen atoms in total. The number of piperidine rings is 1. The number of imide groups is 1. The van der Waals surface area contributed by atoms with Crippen LogP contribution in [0.2, 0.25) is 0 Å². The Kier molecular flexibility index (Phi) is 3.22. The highest BCUT2D eigenvalue weighted by Gasteiger charge is 2.36. The number of amides is 2. The van der Waals surface area contributed by atoms with E-state index >= 15 is 0 Å². The molecule has 0 aliphatic carbocycles. The summed E-state index contributed by atoms with van der Waals surface area (Å²) in [6.45, 7) is 3.96. The van der Waals surface area contributed by atoms with Crippen molar-refractivity contribution < 1.29 is 9.59 Å². The van der Waals surface area contributed by atoms with E-state index in [-0.39, 0.29) is 23.7 Å². The molecular weight excluding hydrogens is 216 g/mol. The van der Waals surface area contributed by atoms with E-state index in [4.69, 9.17) is 0 Å². The summed E-state index contributed by atoms with van der Waals surface area (Å²) < 4.78 is 0. The molecule has 0 saturated carbocycles. The van der Waals surface area contributed by atoms with Crippen molar-refractivity contribution in [1.82, 2.24) is 10.3 Å². The summed E-state index contributed by atoms with van der Waals surface area (Å²) in [7, 11) is 0. The van der Waals surface area contributed by atoms with Gasteiger partial charge in [0, 0.05) is 30.7 Å². The van der Waals surface area contributed by atoms with Crippen LogP contribution in [0.1, 0.15) is 36.8 Å². The van der Waals surface area contributed by atoms with Gasteiger partial charge < -0.3 is 0 Å². The second-order valence-electron chi connectivity index (χ2n) is 4.47. The van der Waals surface area contributed by atoms with E-state index in [9.17, 15) is 9.59 Å². The van der Waals surface area contributed by atoms with Gasteiger partial charge in [-0.15, -0.1) is 0 Å². The van der Waals surface area contributed by atoms with Crippen LogP contribution in [0, 0.1) is 12.8 Å². The summed E-state index contributed by atoms with van der Waals surface area (Å²) in [5.41, 5.74) is 2.11. The maximum atomic E-state index is 11.8. The minimum atomic E-state index is -0.187. The fraction of sp³-hybridized carbons (Fsp3) is 0.462. The Bertz CT molecular complexity index is 456. The van der Waals surface area contributed by atoms with Gasteiger partial charge in [0.15, 0.2) is 0 Å². The number of rotatable bonds is 2. The van der Waals surface area contributed by atoms with Crippen LogP contribution >= 0.6 is 0 Å². The number of nitrogens with zero attached hydrogens (tertiary/aromatic N) is 1.